The van der Waals surface area contributed by atoms with Crippen LogP contribution in [0.15, 0.2) is 30.4 Å². The zero-order chi connectivity index (χ0) is 35.7. The standard InChI is InChI=1S/C34H43F3N4O8/c1-32(2,3)49-30(46)38-25-13-8-6-4-5-7-11-21-17-33(21,29(44)45)39-27(42)26-16-22(18-41(26)28(25)43)48-31(47)40-15-14-20-10-9-12-24(23(20)19-40)34(35,36)37/h7,9-12,21-22,25-26H,4-6,8,13-19H2,1-3H3,(H,38,46)(H,39,42)(H,44,45)/b11-7-/t21-,22-,25+,26+,33-/m1/s1. The maximum atomic E-state index is 14.1. The molecule has 49 heavy (non-hydrogen) atoms. The Morgan fingerprint density at radius 3 is 2.55 bits per heavy atom. The summed E-state index contributed by atoms with van der Waals surface area (Å²) in [6.45, 7) is 4.54. The van der Waals surface area contributed by atoms with E-state index in [-0.39, 0.29) is 50.9 Å². The monoisotopic (exact) mass is 692 g/mol. The molecule has 3 aliphatic heterocycles. The number of aliphatic carboxylic acids is 1. The summed E-state index contributed by atoms with van der Waals surface area (Å²) in [7, 11) is 0. The minimum absolute atomic E-state index is 0.0186. The van der Waals surface area contributed by atoms with Crippen LogP contribution in [0, 0.1) is 5.92 Å². The Labute approximate surface area is 282 Å². The van der Waals surface area contributed by atoms with E-state index in [1.54, 1.807) is 32.9 Å². The van der Waals surface area contributed by atoms with Gasteiger partial charge in [0.15, 0.2) is 0 Å². The van der Waals surface area contributed by atoms with Gasteiger partial charge in [0.05, 0.1) is 12.1 Å². The Kier molecular flexibility index (Phi) is 10.2. The Morgan fingerprint density at radius 1 is 1.10 bits per heavy atom. The van der Waals surface area contributed by atoms with E-state index in [1.165, 1.54) is 11.0 Å². The van der Waals surface area contributed by atoms with E-state index in [0.29, 0.717) is 24.8 Å². The quantitative estimate of drug-likeness (QED) is 0.390. The van der Waals surface area contributed by atoms with Gasteiger partial charge >= 0.3 is 24.3 Å². The predicted molar refractivity (Wildman–Crippen MR) is 168 cm³/mol. The van der Waals surface area contributed by atoms with Crippen LogP contribution < -0.4 is 10.6 Å². The van der Waals surface area contributed by atoms with Gasteiger partial charge in [-0.05, 0) is 70.1 Å². The number of carboxylic acid groups (broad SMARTS) is 1. The van der Waals surface area contributed by atoms with Crippen molar-refractivity contribution in [2.75, 3.05) is 13.1 Å². The first-order valence-electron chi connectivity index (χ1n) is 16.6. The van der Waals surface area contributed by atoms with E-state index in [0.717, 1.165) is 17.4 Å². The SMILES string of the molecule is CC(C)(C)OC(=O)N[C@H]1CCCCC/C=C\[C@@H]2C[C@@]2(C(=O)O)NC(=O)[C@@H]2C[C@@H](OC(=O)N3CCc4cccc(C(F)(F)F)c4C3)CN2C1=O. The van der Waals surface area contributed by atoms with E-state index >= 15 is 0 Å². The Balaban J connectivity index is 1.38. The molecule has 0 radical (unpaired) electrons. The van der Waals surface area contributed by atoms with E-state index in [4.69, 9.17) is 9.47 Å². The lowest BCUT2D eigenvalue weighted by Crippen LogP contribution is -2.56. The number of carbonyl (C=O) groups excluding carboxylic acids is 4. The van der Waals surface area contributed by atoms with Gasteiger partial charge in [0.2, 0.25) is 11.8 Å². The Hall–Kier alpha value is -4.30. The van der Waals surface area contributed by atoms with Crippen LogP contribution >= 0.6 is 0 Å². The molecule has 5 atom stereocenters. The van der Waals surface area contributed by atoms with Gasteiger partial charge in [0.25, 0.3) is 0 Å². The molecule has 12 nitrogen and oxygen atoms in total. The number of benzene rings is 1. The molecule has 1 saturated heterocycles. The van der Waals surface area contributed by atoms with Gasteiger partial charge in [-0.25, -0.2) is 14.4 Å². The maximum Gasteiger partial charge on any atom is 0.416 e. The Morgan fingerprint density at radius 2 is 1.86 bits per heavy atom. The first-order valence-corrected chi connectivity index (χ1v) is 16.6. The van der Waals surface area contributed by atoms with Crippen molar-refractivity contribution >= 4 is 30.0 Å². The molecule has 3 N–H and O–H groups in total. The summed E-state index contributed by atoms with van der Waals surface area (Å²) in [6, 6.07) is 1.54. The summed E-state index contributed by atoms with van der Waals surface area (Å²) in [6.07, 6.45) is -0.603. The molecular formula is C34H43F3N4O8. The maximum absolute atomic E-state index is 14.1. The highest BCUT2D eigenvalue weighted by Gasteiger charge is 2.61. The average Bonchev–Trinajstić information content (AvgIpc) is 3.55. The number of nitrogens with one attached hydrogen (secondary N) is 2. The highest BCUT2D eigenvalue weighted by Crippen LogP contribution is 2.45. The Bertz CT molecular complexity index is 1510. The predicted octanol–water partition coefficient (Wildman–Crippen LogP) is 4.54. The molecular weight excluding hydrogens is 649 g/mol. The fourth-order valence-electron chi connectivity index (χ4n) is 6.82. The zero-order valence-corrected chi connectivity index (χ0v) is 27.8. The number of alkyl halides is 3. The number of fused-ring (bicyclic) bond motifs is 3. The van der Waals surface area contributed by atoms with Crippen LogP contribution in [0.25, 0.3) is 0 Å². The van der Waals surface area contributed by atoms with Crippen molar-refractivity contribution in [3.63, 3.8) is 0 Å². The van der Waals surface area contributed by atoms with Gasteiger partial charge in [0.1, 0.15) is 29.3 Å². The molecule has 1 aromatic rings. The fourth-order valence-corrected chi connectivity index (χ4v) is 6.82. The van der Waals surface area contributed by atoms with Crippen LogP contribution in [0.2, 0.25) is 0 Å². The van der Waals surface area contributed by atoms with Crippen molar-refractivity contribution in [3.8, 4) is 0 Å². The van der Waals surface area contributed by atoms with Gasteiger partial charge in [-0.1, -0.05) is 37.1 Å². The number of amides is 4. The van der Waals surface area contributed by atoms with Crippen LogP contribution in [0.5, 0.6) is 0 Å². The van der Waals surface area contributed by atoms with Crippen molar-refractivity contribution < 1.29 is 51.7 Å². The number of carboxylic acids is 1. The molecule has 4 aliphatic rings. The summed E-state index contributed by atoms with van der Waals surface area (Å²) in [5.74, 6) is -3.04. The number of hydrogen-bond donors (Lipinski definition) is 3. The molecule has 268 valence electrons. The molecule has 3 heterocycles. The van der Waals surface area contributed by atoms with Crippen molar-refractivity contribution in [2.24, 2.45) is 5.92 Å². The van der Waals surface area contributed by atoms with Crippen LogP contribution in [-0.4, -0.2) is 87.3 Å². The second kappa shape index (κ2) is 13.9. The van der Waals surface area contributed by atoms with Crippen molar-refractivity contribution in [1.29, 1.82) is 0 Å². The zero-order valence-electron chi connectivity index (χ0n) is 27.8. The second-order valence-electron chi connectivity index (χ2n) is 14.2. The number of nitrogens with zero attached hydrogens (tertiary/aromatic N) is 2. The number of hydrogen-bond acceptors (Lipinski definition) is 7. The molecule has 0 bridgehead atoms. The number of ether oxygens (including phenoxy) is 2. The largest absolute Gasteiger partial charge is 0.479 e. The third kappa shape index (κ3) is 8.30. The first-order chi connectivity index (χ1) is 23.0. The van der Waals surface area contributed by atoms with Gasteiger partial charge in [-0.2, -0.15) is 13.2 Å². The highest BCUT2D eigenvalue weighted by molar-refractivity contribution is 5.96. The molecule has 1 aliphatic carbocycles. The molecule has 15 heteroatoms. The third-order valence-corrected chi connectivity index (χ3v) is 9.42. The summed E-state index contributed by atoms with van der Waals surface area (Å²) in [5, 5.41) is 15.3. The summed E-state index contributed by atoms with van der Waals surface area (Å²) >= 11 is 0. The topological polar surface area (TPSA) is 155 Å². The lowest BCUT2D eigenvalue weighted by atomic mass is 9.95. The average molecular weight is 693 g/mol. The second-order valence-corrected chi connectivity index (χ2v) is 14.2. The molecule has 5 rings (SSSR count). The lowest BCUT2D eigenvalue weighted by Gasteiger charge is -2.31. The summed E-state index contributed by atoms with van der Waals surface area (Å²) in [4.78, 5) is 68.7. The molecule has 0 aromatic heterocycles. The fraction of sp³-hybridized carbons (Fsp3) is 0.618. The van der Waals surface area contributed by atoms with Gasteiger partial charge in [-0.3, -0.25) is 9.59 Å². The number of rotatable bonds is 3. The number of halogens is 3. The first kappa shape index (κ1) is 36.0. The third-order valence-electron chi connectivity index (χ3n) is 9.42. The van der Waals surface area contributed by atoms with Crippen molar-refractivity contribution in [3.05, 3.63) is 47.0 Å². The van der Waals surface area contributed by atoms with Crippen LogP contribution in [0.4, 0.5) is 22.8 Å². The van der Waals surface area contributed by atoms with Gasteiger partial charge < -0.3 is 35.0 Å². The van der Waals surface area contributed by atoms with E-state index < -0.39 is 77.0 Å². The molecule has 1 aromatic carbocycles. The van der Waals surface area contributed by atoms with Crippen LogP contribution in [0.1, 0.15) is 82.4 Å². The van der Waals surface area contributed by atoms with E-state index in [2.05, 4.69) is 10.6 Å². The van der Waals surface area contributed by atoms with Gasteiger partial charge in [-0.15, -0.1) is 0 Å². The number of allylic oxidation sites excluding steroid dienone is 1. The minimum Gasteiger partial charge on any atom is -0.479 e. The molecule has 0 unspecified atom stereocenters. The molecule has 1 saturated carbocycles. The van der Waals surface area contributed by atoms with Crippen LogP contribution in [0.3, 0.4) is 0 Å². The minimum atomic E-state index is -4.61. The van der Waals surface area contributed by atoms with Crippen LogP contribution in [-0.2, 0) is 43.0 Å². The summed E-state index contributed by atoms with van der Waals surface area (Å²) in [5.41, 5.74) is -2.77. The highest BCUT2D eigenvalue weighted by atomic mass is 19.4. The lowest BCUT2D eigenvalue weighted by molar-refractivity contribution is -0.145. The number of carbonyl (C=O) groups is 5. The summed E-state index contributed by atoms with van der Waals surface area (Å²) < 4.78 is 52.3. The number of alkyl carbamates (subject to hydrolysis) is 1. The van der Waals surface area contributed by atoms with Crippen molar-refractivity contribution in [1.82, 2.24) is 20.4 Å². The smallest absolute Gasteiger partial charge is 0.416 e. The van der Waals surface area contributed by atoms with Crippen molar-refractivity contribution in [2.45, 2.75) is 114 Å². The van der Waals surface area contributed by atoms with E-state index in [9.17, 15) is 42.3 Å². The normalized spacial score (nSPS) is 28.4. The molecule has 2 fully saturated rings. The molecule has 0 spiro atoms. The molecule has 4 amide bonds. The van der Waals surface area contributed by atoms with Gasteiger partial charge in [0, 0.05) is 25.4 Å². The van der Waals surface area contributed by atoms with E-state index in [1.807, 2.05) is 6.08 Å².